The summed E-state index contributed by atoms with van der Waals surface area (Å²) in [5, 5.41) is 2.07. The highest BCUT2D eigenvalue weighted by Crippen LogP contribution is 2.58. The summed E-state index contributed by atoms with van der Waals surface area (Å²) in [4.78, 5) is 0. The lowest BCUT2D eigenvalue weighted by Crippen LogP contribution is -2.38. The van der Waals surface area contributed by atoms with Crippen molar-refractivity contribution in [1.29, 1.82) is 0 Å². The van der Waals surface area contributed by atoms with Crippen molar-refractivity contribution < 1.29 is 28.1 Å². The fourth-order valence-corrected chi connectivity index (χ4v) is 7.32. The second-order valence-corrected chi connectivity index (χ2v) is 12.0. The summed E-state index contributed by atoms with van der Waals surface area (Å²) in [6, 6.07) is 19.4. The van der Waals surface area contributed by atoms with E-state index in [2.05, 4.69) is 44.2 Å². The third kappa shape index (κ3) is 3.93. The van der Waals surface area contributed by atoms with Gasteiger partial charge in [-0.1, -0.05) is 62.4 Å². The molecule has 2 atom stereocenters. The Morgan fingerprint density at radius 3 is 2.34 bits per heavy atom. The van der Waals surface area contributed by atoms with Gasteiger partial charge in [0.15, 0.2) is 17.1 Å². The lowest BCUT2D eigenvalue weighted by atomic mass is 9.75. The van der Waals surface area contributed by atoms with Gasteiger partial charge >= 0.3 is 0 Å². The van der Waals surface area contributed by atoms with Crippen LogP contribution in [0.3, 0.4) is 0 Å². The number of fused-ring (bicyclic) bond motifs is 8. The van der Waals surface area contributed by atoms with Crippen LogP contribution in [0.4, 0.5) is 4.39 Å². The Bertz CT molecular complexity index is 1920. The second-order valence-electron chi connectivity index (χ2n) is 12.0. The molecule has 0 saturated heterocycles. The number of benzene rings is 4. The molecule has 0 bridgehead atoms. The molecule has 0 spiro atoms. The summed E-state index contributed by atoms with van der Waals surface area (Å²) >= 11 is 0. The molecule has 1 aliphatic heterocycles. The van der Waals surface area contributed by atoms with E-state index < -0.39 is 11.0 Å². The number of hydrogen-bond donors (Lipinski definition) is 0. The van der Waals surface area contributed by atoms with E-state index in [9.17, 15) is 4.39 Å². The summed E-state index contributed by atoms with van der Waals surface area (Å²) in [6.45, 7) is 4.33. The highest BCUT2D eigenvalue weighted by molar-refractivity contribution is 6.08. The number of halogens is 1. The van der Waals surface area contributed by atoms with E-state index in [-0.39, 0.29) is 11.9 Å². The first-order valence-corrected chi connectivity index (χ1v) is 14.8. The fraction of sp³-hybridized carbons (Fsp3) is 0.263. The minimum Gasteiger partial charge on any atom is -0.498 e. The predicted octanol–water partition coefficient (Wildman–Crippen LogP) is 8.48. The summed E-state index contributed by atoms with van der Waals surface area (Å²) in [7, 11) is 6.61. The van der Waals surface area contributed by atoms with E-state index >= 15 is 0 Å². The number of methoxy groups -OCH3 is 4. The molecule has 2 unspecified atom stereocenters. The summed E-state index contributed by atoms with van der Waals surface area (Å²) in [5.41, 5.74) is 5.78. The van der Waals surface area contributed by atoms with Gasteiger partial charge in [-0.15, -0.1) is 0 Å². The van der Waals surface area contributed by atoms with Crippen LogP contribution < -0.4 is 14.2 Å². The maximum atomic E-state index is 14.6. The monoisotopic (exact) mass is 590 g/mol. The van der Waals surface area contributed by atoms with Crippen molar-refractivity contribution in [3.8, 4) is 28.4 Å². The third-order valence-corrected chi connectivity index (χ3v) is 9.48. The molecule has 1 heterocycles. The molecule has 5 nitrogen and oxygen atoms in total. The van der Waals surface area contributed by atoms with Crippen LogP contribution in [0.5, 0.6) is 17.2 Å². The molecule has 0 aromatic heterocycles. The molecule has 7 rings (SSSR count). The van der Waals surface area contributed by atoms with Gasteiger partial charge in [0.05, 0.1) is 21.3 Å². The van der Waals surface area contributed by atoms with Crippen LogP contribution in [0.2, 0.25) is 0 Å². The zero-order chi connectivity index (χ0) is 30.8. The van der Waals surface area contributed by atoms with Crippen LogP contribution in [0.15, 0.2) is 90.2 Å². The molecule has 0 N–H and O–H groups in total. The maximum Gasteiger partial charge on any atom is 0.174 e. The average Bonchev–Trinajstić information content (AvgIpc) is 3.29. The first kappa shape index (κ1) is 28.2. The Morgan fingerprint density at radius 2 is 1.61 bits per heavy atom. The largest absolute Gasteiger partial charge is 0.498 e. The quantitative estimate of drug-likeness (QED) is 0.225. The number of rotatable bonds is 6. The molecule has 0 saturated carbocycles. The van der Waals surface area contributed by atoms with Gasteiger partial charge in [0.25, 0.3) is 0 Å². The topological polar surface area (TPSA) is 46.2 Å². The van der Waals surface area contributed by atoms with Gasteiger partial charge in [0.2, 0.25) is 0 Å². The zero-order valence-electron chi connectivity index (χ0n) is 25.8. The molecule has 2 aliphatic carbocycles. The van der Waals surface area contributed by atoms with Gasteiger partial charge in [-0.2, -0.15) is 0 Å². The normalized spacial score (nSPS) is 21.0. The number of ether oxygens (including phenoxy) is 5. The van der Waals surface area contributed by atoms with Crippen LogP contribution in [-0.2, 0) is 20.5 Å². The average molecular weight is 591 g/mol. The van der Waals surface area contributed by atoms with Gasteiger partial charge in [0, 0.05) is 35.5 Å². The molecule has 44 heavy (non-hydrogen) atoms. The maximum absolute atomic E-state index is 14.6. The lowest BCUT2D eigenvalue weighted by molar-refractivity contribution is 0.0654. The van der Waals surface area contributed by atoms with Crippen LogP contribution in [0.25, 0.3) is 28.0 Å². The first-order chi connectivity index (χ1) is 21.3. The molecular weight excluding hydrogens is 555 g/mol. The van der Waals surface area contributed by atoms with E-state index in [1.165, 1.54) is 0 Å². The van der Waals surface area contributed by atoms with Gasteiger partial charge < -0.3 is 23.7 Å². The third-order valence-electron chi connectivity index (χ3n) is 9.48. The Labute approximate surface area is 257 Å². The van der Waals surface area contributed by atoms with Crippen molar-refractivity contribution >= 4 is 16.8 Å². The fourth-order valence-electron chi connectivity index (χ4n) is 7.32. The van der Waals surface area contributed by atoms with Gasteiger partial charge in [-0.05, 0) is 69.6 Å². The molecular formula is C38H35FO5. The van der Waals surface area contributed by atoms with Crippen LogP contribution in [-0.4, -0.2) is 34.5 Å². The van der Waals surface area contributed by atoms with Crippen molar-refractivity contribution in [2.24, 2.45) is 0 Å². The Morgan fingerprint density at radius 1 is 0.841 bits per heavy atom. The summed E-state index contributed by atoms with van der Waals surface area (Å²) < 4.78 is 44.8. The van der Waals surface area contributed by atoms with Gasteiger partial charge in [0.1, 0.15) is 23.4 Å². The predicted molar refractivity (Wildman–Crippen MR) is 171 cm³/mol. The lowest BCUT2D eigenvalue weighted by Gasteiger charge is -2.41. The van der Waals surface area contributed by atoms with Crippen LogP contribution >= 0.6 is 0 Å². The minimum absolute atomic E-state index is 0.234. The molecule has 0 amide bonds. The van der Waals surface area contributed by atoms with Crippen LogP contribution in [0, 0.1) is 5.82 Å². The van der Waals surface area contributed by atoms with Gasteiger partial charge in [-0.3, -0.25) is 0 Å². The molecule has 6 heteroatoms. The summed E-state index contributed by atoms with van der Waals surface area (Å²) in [6.07, 6.45) is 8.63. The van der Waals surface area contributed by atoms with E-state index in [1.54, 1.807) is 40.6 Å². The Balaban J connectivity index is 1.52. The molecule has 3 aliphatic rings. The second kappa shape index (κ2) is 10.3. The number of allylic oxidation sites excluding steroid dienone is 2. The van der Waals surface area contributed by atoms with Gasteiger partial charge in [-0.25, -0.2) is 4.39 Å². The van der Waals surface area contributed by atoms with Crippen molar-refractivity contribution in [2.75, 3.05) is 28.4 Å². The minimum atomic E-state index is -0.988. The molecule has 4 aromatic carbocycles. The van der Waals surface area contributed by atoms with Crippen LogP contribution in [0.1, 0.15) is 42.5 Å². The van der Waals surface area contributed by atoms with Crippen molar-refractivity contribution in [1.82, 2.24) is 0 Å². The standard InChI is InChI=1S/C38H35FO5/c1-37(2)29-21-24(39)13-14-27(29)34-25-9-7-8-10-26(25)36-28(35(34)37)17-18-38(44-36,22-11-15-30(40-3)32(19-22)42-5)23-12-16-31(41-4)33(20-23)43-6/h7-19,21,33H,20H2,1-6H3. The van der Waals surface area contributed by atoms with E-state index in [1.807, 2.05) is 42.5 Å². The van der Waals surface area contributed by atoms with Crippen molar-refractivity contribution in [3.63, 3.8) is 0 Å². The molecule has 0 fully saturated rings. The Hall–Kier alpha value is -4.55. The Kier molecular flexibility index (Phi) is 6.59. The molecule has 224 valence electrons. The SMILES string of the molecule is COC1=CC=C(C2(c3ccc(OC)c(OC)c3)C=Cc3c4c(c5ccccc5c3O2)-c2ccc(F)cc2C4(C)C)CC1OC. The highest BCUT2D eigenvalue weighted by Gasteiger charge is 2.46. The smallest absolute Gasteiger partial charge is 0.174 e. The summed E-state index contributed by atoms with van der Waals surface area (Å²) in [5.74, 6) is 2.55. The first-order valence-electron chi connectivity index (χ1n) is 14.8. The van der Waals surface area contributed by atoms with E-state index in [4.69, 9.17) is 23.7 Å². The van der Waals surface area contributed by atoms with E-state index in [0.717, 1.165) is 61.2 Å². The molecule has 4 aromatic rings. The molecule has 0 radical (unpaired) electrons. The number of hydrogen-bond acceptors (Lipinski definition) is 5. The highest BCUT2D eigenvalue weighted by atomic mass is 19.1. The van der Waals surface area contributed by atoms with Crippen molar-refractivity contribution in [3.05, 3.63) is 118 Å². The van der Waals surface area contributed by atoms with E-state index in [0.29, 0.717) is 17.9 Å². The van der Waals surface area contributed by atoms with Crippen molar-refractivity contribution in [2.45, 2.75) is 37.4 Å². The zero-order valence-corrected chi connectivity index (χ0v) is 25.8.